The molecular weight excluding hydrogens is 589 g/mol. The number of sulfonamides is 1. The van der Waals surface area contributed by atoms with Crippen molar-refractivity contribution in [2.45, 2.75) is 38.0 Å². The van der Waals surface area contributed by atoms with Crippen LogP contribution in [0.4, 0.5) is 39.0 Å². The Hall–Kier alpha value is -3.40. The summed E-state index contributed by atoms with van der Waals surface area (Å²) in [7, 11) is -4.06. The van der Waals surface area contributed by atoms with Crippen molar-refractivity contribution < 1.29 is 40.3 Å². The lowest BCUT2D eigenvalue weighted by atomic mass is 9.94. The molecule has 16 heteroatoms. The van der Waals surface area contributed by atoms with Gasteiger partial charge in [0.15, 0.2) is 0 Å². The van der Waals surface area contributed by atoms with E-state index in [1.54, 1.807) is 0 Å². The molecule has 0 spiro atoms. The van der Waals surface area contributed by atoms with Crippen molar-refractivity contribution >= 4 is 33.0 Å². The second kappa shape index (κ2) is 11.0. The number of nitrogens with zero attached hydrogens (tertiary/aromatic N) is 3. The standard InChI is InChI=1S/C26H30F5N5O5S/c27-18-12-17(33-42(40,41)11-10-37)13-20(34-7-3-25(24(28)29)14-16(25)15-34)21(18)22(38)32-19-2-1-6-36(23(19)39)35-8-4-26(30,31)5-9-35/h1-2,6,12-13,16,24,33,37H,3-5,7-11,14-15H2,(H,32,38)/t16-,25+/m0/s1. The number of aromatic nitrogens is 1. The number of pyridine rings is 1. The van der Waals surface area contributed by atoms with Gasteiger partial charge < -0.3 is 20.3 Å². The third-order valence-electron chi connectivity index (χ3n) is 8.23. The molecule has 1 aliphatic carbocycles. The normalized spacial score (nSPS) is 23.5. The Labute approximate surface area is 238 Å². The van der Waals surface area contributed by atoms with Gasteiger partial charge in [0, 0.05) is 50.6 Å². The monoisotopic (exact) mass is 619 g/mol. The number of hydrogen-bond donors (Lipinski definition) is 3. The summed E-state index contributed by atoms with van der Waals surface area (Å²) in [5.41, 5.74) is -2.94. The maximum absolute atomic E-state index is 15.6. The van der Waals surface area contributed by atoms with Gasteiger partial charge >= 0.3 is 0 Å². The Bertz CT molecular complexity index is 1530. The van der Waals surface area contributed by atoms with Crippen molar-refractivity contribution in [3.8, 4) is 0 Å². The number of aliphatic hydroxyl groups excluding tert-OH is 1. The summed E-state index contributed by atoms with van der Waals surface area (Å²) in [6.45, 7) is -0.775. The van der Waals surface area contributed by atoms with Crippen LogP contribution in [0.25, 0.3) is 0 Å². The summed E-state index contributed by atoms with van der Waals surface area (Å²) < 4.78 is 97.8. The van der Waals surface area contributed by atoms with Gasteiger partial charge in [-0.1, -0.05) is 0 Å². The average molecular weight is 620 g/mol. The van der Waals surface area contributed by atoms with E-state index in [9.17, 15) is 35.6 Å². The minimum atomic E-state index is -4.06. The van der Waals surface area contributed by atoms with Gasteiger partial charge in [-0.05, 0) is 43.0 Å². The van der Waals surface area contributed by atoms with Crippen LogP contribution in [0.5, 0.6) is 0 Å². The number of rotatable bonds is 9. The van der Waals surface area contributed by atoms with Crippen molar-refractivity contribution in [3.63, 3.8) is 0 Å². The fraction of sp³-hybridized carbons (Fsp3) is 0.538. The third kappa shape index (κ3) is 5.91. The molecule has 3 fully saturated rings. The molecule has 2 aromatic rings. The second-order valence-corrected chi connectivity index (χ2v) is 12.8. The van der Waals surface area contributed by atoms with Crippen LogP contribution in [-0.2, 0) is 10.0 Å². The molecule has 3 heterocycles. The fourth-order valence-electron chi connectivity index (χ4n) is 5.75. The molecule has 1 amide bonds. The zero-order chi connectivity index (χ0) is 30.4. The van der Waals surface area contributed by atoms with Gasteiger partial charge in [-0.2, -0.15) is 0 Å². The second-order valence-electron chi connectivity index (χ2n) is 11.0. The molecule has 1 aromatic carbocycles. The van der Waals surface area contributed by atoms with Gasteiger partial charge in [0.1, 0.15) is 11.5 Å². The molecule has 2 atom stereocenters. The zero-order valence-electron chi connectivity index (χ0n) is 22.3. The number of carbonyl (C=O) groups is 1. The Kier molecular flexibility index (Phi) is 7.89. The molecule has 42 heavy (non-hydrogen) atoms. The maximum Gasteiger partial charge on any atom is 0.292 e. The molecule has 10 nitrogen and oxygen atoms in total. The summed E-state index contributed by atoms with van der Waals surface area (Å²) >= 11 is 0. The molecule has 3 aliphatic rings. The third-order valence-corrected chi connectivity index (χ3v) is 9.49. The van der Waals surface area contributed by atoms with E-state index in [2.05, 4.69) is 10.0 Å². The van der Waals surface area contributed by atoms with Gasteiger partial charge in [0.25, 0.3) is 17.4 Å². The highest BCUT2D eigenvalue weighted by atomic mass is 32.2. The van der Waals surface area contributed by atoms with E-state index in [4.69, 9.17) is 5.11 Å². The summed E-state index contributed by atoms with van der Waals surface area (Å²) in [6, 6.07) is 4.67. The Morgan fingerprint density at radius 3 is 2.50 bits per heavy atom. The number of amides is 1. The number of aliphatic hydroxyl groups is 1. The lowest BCUT2D eigenvalue weighted by Gasteiger charge is -2.34. The number of hydrogen-bond acceptors (Lipinski definition) is 7. The number of piperidine rings is 2. The molecule has 5 rings (SSSR count). The summed E-state index contributed by atoms with van der Waals surface area (Å²) in [5, 5.41) is 12.8. The molecule has 2 aliphatic heterocycles. The number of fused-ring (bicyclic) bond motifs is 1. The van der Waals surface area contributed by atoms with Gasteiger partial charge in [0.05, 0.1) is 29.3 Å². The lowest BCUT2D eigenvalue weighted by molar-refractivity contribution is -0.0260. The Morgan fingerprint density at radius 2 is 1.86 bits per heavy atom. The topological polar surface area (TPSA) is 124 Å². The summed E-state index contributed by atoms with van der Waals surface area (Å²) in [5.74, 6) is -6.10. The molecule has 0 bridgehead atoms. The number of benzene rings is 1. The van der Waals surface area contributed by atoms with E-state index in [0.29, 0.717) is 0 Å². The minimum absolute atomic E-state index is 0.0468. The van der Waals surface area contributed by atoms with Crippen molar-refractivity contribution in [1.29, 1.82) is 0 Å². The molecule has 1 saturated carbocycles. The first kappa shape index (κ1) is 30.1. The highest BCUT2D eigenvalue weighted by molar-refractivity contribution is 7.92. The van der Waals surface area contributed by atoms with Crippen LogP contribution in [0.15, 0.2) is 35.3 Å². The summed E-state index contributed by atoms with van der Waals surface area (Å²) in [4.78, 5) is 28.1. The highest BCUT2D eigenvalue weighted by Gasteiger charge is 2.62. The van der Waals surface area contributed by atoms with Crippen LogP contribution in [-0.4, -0.2) is 75.0 Å². The predicted molar refractivity (Wildman–Crippen MR) is 145 cm³/mol. The molecule has 1 aromatic heterocycles. The highest BCUT2D eigenvalue weighted by Crippen LogP contribution is 2.62. The van der Waals surface area contributed by atoms with E-state index in [1.807, 2.05) is 0 Å². The minimum Gasteiger partial charge on any atom is -0.395 e. The van der Waals surface area contributed by atoms with Crippen LogP contribution in [0.1, 0.15) is 36.0 Å². The smallest absolute Gasteiger partial charge is 0.292 e. The molecule has 2 saturated heterocycles. The lowest BCUT2D eigenvalue weighted by Crippen LogP contribution is -2.49. The number of anilines is 3. The quantitative estimate of drug-likeness (QED) is 0.369. The van der Waals surface area contributed by atoms with E-state index in [0.717, 1.165) is 10.7 Å². The average Bonchev–Trinajstić information content (AvgIpc) is 3.65. The molecule has 0 radical (unpaired) electrons. The fourth-order valence-corrected chi connectivity index (χ4v) is 6.57. The van der Waals surface area contributed by atoms with E-state index >= 15 is 4.39 Å². The molecule has 0 unspecified atom stereocenters. The van der Waals surface area contributed by atoms with E-state index < -0.39 is 81.8 Å². The van der Waals surface area contributed by atoms with Gasteiger partial charge in [-0.3, -0.25) is 14.3 Å². The van der Waals surface area contributed by atoms with Gasteiger partial charge in [-0.25, -0.2) is 35.0 Å². The first-order chi connectivity index (χ1) is 19.7. The Morgan fingerprint density at radius 1 is 1.14 bits per heavy atom. The first-order valence-corrected chi connectivity index (χ1v) is 15.0. The maximum atomic E-state index is 15.6. The van der Waals surface area contributed by atoms with E-state index in [-0.39, 0.29) is 56.1 Å². The van der Waals surface area contributed by atoms with Crippen LogP contribution in [0, 0.1) is 17.2 Å². The van der Waals surface area contributed by atoms with Crippen molar-refractivity contribution in [2.24, 2.45) is 11.3 Å². The number of halogens is 5. The van der Waals surface area contributed by atoms with Crippen LogP contribution < -0.4 is 25.5 Å². The van der Waals surface area contributed by atoms with E-state index in [1.165, 1.54) is 34.3 Å². The number of carbonyl (C=O) groups excluding carboxylic acids is 1. The zero-order valence-corrected chi connectivity index (χ0v) is 23.1. The van der Waals surface area contributed by atoms with Crippen molar-refractivity contribution in [2.75, 3.05) is 58.5 Å². The Balaban J connectivity index is 1.45. The number of nitrogens with one attached hydrogen (secondary N) is 2. The first-order valence-electron chi connectivity index (χ1n) is 13.4. The van der Waals surface area contributed by atoms with Crippen molar-refractivity contribution in [1.82, 2.24) is 4.68 Å². The SMILES string of the molecule is O=C(Nc1cccn(N2CCC(F)(F)CC2)c1=O)c1c(F)cc(NS(=O)(=O)CCO)cc1N1CC[C@@]2(C(F)F)C[C@H]2C1. The van der Waals surface area contributed by atoms with Crippen LogP contribution in [0.2, 0.25) is 0 Å². The molecular formula is C26H30F5N5O5S. The van der Waals surface area contributed by atoms with Crippen LogP contribution in [0.3, 0.4) is 0 Å². The van der Waals surface area contributed by atoms with Gasteiger partial charge in [-0.15, -0.1) is 0 Å². The predicted octanol–water partition coefficient (Wildman–Crippen LogP) is 2.82. The largest absolute Gasteiger partial charge is 0.395 e. The van der Waals surface area contributed by atoms with Gasteiger partial charge in [0.2, 0.25) is 16.4 Å². The number of alkyl halides is 4. The van der Waals surface area contributed by atoms with Crippen molar-refractivity contribution in [3.05, 3.63) is 52.2 Å². The molecule has 230 valence electrons. The summed E-state index contributed by atoms with van der Waals surface area (Å²) in [6.07, 6.45) is -1.74. The molecule has 3 N–H and O–H groups in total. The van der Waals surface area contributed by atoms with Crippen LogP contribution >= 0.6 is 0 Å².